The Morgan fingerprint density at radius 1 is 0.346 bits per heavy atom. The summed E-state index contributed by atoms with van der Waals surface area (Å²) in [6.45, 7) is 49.2. The first kappa shape index (κ1) is 80.0. The smallest absolute Gasteiger partial charge is 0.813 e. The molecule has 308 valence electrons. The molecule has 2 aromatic carbocycles. The van der Waals surface area contributed by atoms with Gasteiger partial charge in [-0.15, -0.1) is 0 Å². The van der Waals surface area contributed by atoms with Gasteiger partial charge >= 0.3 is 39.0 Å². The van der Waals surface area contributed by atoms with Crippen molar-refractivity contribution in [1.82, 2.24) is 0 Å². The molecule has 0 saturated heterocycles. The van der Waals surface area contributed by atoms with Crippen LogP contribution in [-0.2, 0) is 184 Å². The van der Waals surface area contributed by atoms with Crippen molar-refractivity contribution >= 4 is 137 Å². The van der Waals surface area contributed by atoms with E-state index in [1.165, 1.54) is 55.6 Å². The number of hydrogen-bond donors (Lipinski definition) is 0. The number of rotatable bonds is 4. The zero-order valence-corrected chi connectivity index (χ0v) is 55.6. The largest absolute Gasteiger partial charge is 5.00 e. The van der Waals surface area contributed by atoms with E-state index in [2.05, 4.69) is 148 Å². The van der Waals surface area contributed by atoms with E-state index in [1.54, 1.807) is 0 Å². The van der Waals surface area contributed by atoms with Gasteiger partial charge in [-0.05, 0) is 0 Å². The zero-order chi connectivity index (χ0) is 36.1. The van der Waals surface area contributed by atoms with Gasteiger partial charge in [0.2, 0.25) is 0 Å². The average molecular weight is 1450 g/mol. The molecule has 0 aliphatic carbocycles. The van der Waals surface area contributed by atoms with Crippen LogP contribution in [0.15, 0.2) is 18.1 Å². The van der Waals surface area contributed by atoms with Crippen molar-refractivity contribution < 1.29 is 79.8 Å². The summed E-state index contributed by atoms with van der Waals surface area (Å²) in [6.07, 6.45) is 0. The Hall–Kier alpha value is 3.90. The van der Waals surface area contributed by atoms with Crippen molar-refractivity contribution in [3.8, 4) is 0 Å². The maximum atomic E-state index is 5.42. The molecular weight excluding hydrogens is 1380 g/mol. The predicted molar refractivity (Wildman–Crippen MR) is 263 cm³/mol. The molecular formula is C36H70Re2Ru2S8Si4. The van der Waals surface area contributed by atoms with Crippen molar-refractivity contribution in [2.24, 2.45) is 0 Å². The van der Waals surface area contributed by atoms with E-state index in [0.717, 1.165) is 18.1 Å². The van der Waals surface area contributed by atoms with E-state index in [-0.39, 0.29) is 134 Å². The van der Waals surface area contributed by atoms with Gasteiger partial charge in [0.15, 0.2) is 0 Å². The summed E-state index contributed by atoms with van der Waals surface area (Å²) >= 11 is 21.7. The molecule has 0 atom stereocenters. The van der Waals surface area contributed by atoms with Crippen LogP contribution in [0.2, 0.25) is 78.6 Å². The third kappa shape index (κ3) is 26.2. The Balaban J connectivity index is -0.0000000539. The molecule has 52 heavy (non-hydrogen) atoms. The Morgan fingerprint density at radius 3 is 0.481 bits per heavy atom. The van der Waals surface area contributed by atoms with Gasteiger partial charge in [0.1, 0.15) is 0 Å². The molecule has 0 aliphatic heterocycles. The third-order valence-electron chi connectivity index (χ3n) is 8.76. The Labute approximate surface area is 432 Å². The normalized spacial score (nSPS) is 11.3. The predicted octanol–water partition coefficient (Wildman–Crippen LogP) is 10.9. The Bertz CT molecular complexity index is 1040. The summed E-state index contributed by atoms with van der Waals surface area (Å²) in [7, 11) is -5.23. The van der Waals surface area contributed by atoms with Gasteiger partial charge in [-0.3, -0.25) is 0 Å². The summed E-state index contributed by atoms with van der Waals surface area (Å²) < 4.78 is 4.49. The molecule has 2 rings (SSSR count). The first-order valence-corrected chi connectivity index (χ1v) is 31.4. The minimum absolute atomic E-state index is 0. The van der Waals surface area contributed by atoms with Gasteiger partial charge in [0.25, 0.3) is 0 Å². The molecule has 0 aliphatic rings. The quantitative estimate of drug-likeness (QED) is 0.127. The third-order valence-corrected chi connectivity index (χ3v) is 24.9. The molecule has 0 nitrogen and oxygen atoms in total. The molecule has 4 radical (unpaired) electrons. The minimum atomic E-state index is -1.31. The first-order chi connectivity index (χ1) is 19.2. The zero-order valence-electron chi connectivity index (χ0n) is 35.9. The summed E-state index contributed by atoms with van der Waals surface area (Å²) in [5.74, 6) is 0. The van der Waals surface area contributed by atoms with Gasteiger partial charge in [0.05, 0.1) is 0 Å². The molecule has 0 N–H and O–H groups in total. The van der Waals surface area contributed by atoms with Gasteiger partial charge in [-0.25, -0.2) is 18.1 Å². The van der Waals surface area contributed by atoms with Crippen LogP contribution < -0.4 is 0 Å². The molecule has 0 unspecified atom stereocenters. The fourth-order valence-corrected chi connectivity index (χ4v) is 15.1. The van der Waals surface area contributed by atoms with Crippen molar-refractivity contribution in [3.63, 3.8) is 0 Å². The van der Waals surface area contributed by atoms with E-state index in [9.17, 15) is 0 Å². The maximum absolute atomic E-state index is 5.42. The van der Waals surface area contributed by atoms with Gasteiger partial charge in [-0.2, -0.15) is 55.6 Å². The van der Waals surface area contributed by atoms with Crippen molar-refractivity contribution in [2.45, 2.75) is 148 Å². The van der Waals surface area contributed by atoms with Crippen LogP contribution >= 0.6 is 0 Å². The molecule has 2 aromatic rings. The molecule has 0 heterocycles. The molecule has 0 bridgehead atoms. The fourth-order valence-electron chi connectivity index (χ4n) is 4.17. The minimum Gasteiger partial charge on any atom is -0.813 e. The number of thiol groups is 4. The van der Waals surface area contributed by atoms with Crippen LogP contribution in [0.1, 0.15) is 55.6 Å². The standard InChI is InChI=1S/2C10H15.2C8H20S2Si2.2Re.2Ru.4H2S/c2*1-6-7(2)9(4)10(5)8(6)3;2*1-11(2,3)7(9)8(10)12(4,5)6;;;;;;;;/h2*1-5H3;2*9-10H,1-6H3;;;;;4*1H2/q2*-1;;;;;2*+5;;;;/p-8/b;;2*8-7+;;;;;;;;. The van der Waals surface area contributed by atoms with Crippen LogP contribution in [0.25, 0.3) is 0 Å². The van der Waals surface area contributed by atoms with Gasteiger partial charge < -0.3 is 104 Å². The van der Waals surface area contributed by atoms with Crippen molar-refractivity contribution in [3.05, 3.63) is 73.7 Å². The molecule has 0 aromatic heterocycles. The summed E-state index contributed by atoms with van der Waals surface area (Å²) in [4.78, 5) is 0. The van der Waals surface area contributed by atoms with E-state index < -0.39 is 32.3 Å². The van der Waals surface area contributed by atoms with Crippen molar-refractivity contribution in [2.75, 3.05) is 0 Å². The Kier molecular flexibility index (Phi) is 50.2. The second kappa shape index (κ2) is 32.6. The topological polar surface area (TPSA) is 0 Å². The first-order valence-electron chi connectivity index (χ1n) is 15.8. The molecule has 0 fully saturated rings. The summed E-state index contributed by atoms with van der Waals surface area (Å²) in [6, 6.07) is 0. The molecule has 0 amide bonds. The Morgan fingerprint density at radius 2 is 0.442 bits per heavy atom. The SMILES string of the molecule is C[Si](C)(C)/C([S-])=C(\[S-])[Si](C)(C)C.C[Si](C)(C)/C([S-])=C(\[S-])[Si](C)(C)C.Cc1c(C)c(C)[c-](C)c1C.Cc1c(C)c(C)[c-](C)c1C.[Re].[Re].[Ru+5].[Ru+5].[SH-].[SH-].[SH-].[SH-]. The van der Waals surface area contributed by atoms with Crippen LogP contribution in [0.3, 0.4) is 0 Å². The second-order valence-corrected chi connectivity index (χ2v) is 39.6. The van der Waals surface area contributed by atoms with Crippen LogP contribution in [-0.4, -0.2) is 32.3 Å². The molecule has 16 heteroatoms. The van der Waals surface area contributed by atoms with Gasteiger partial charge in [-0.1, -0.05) is 148 Å². The monoisotopic (exact) mass is 1450 g/mol. The van der Waals surface area contributed by atoms with Crippen molar-refractivity contribution in [1.29, 1.82) is 0 Å². The van der Waals surface area contributed by atoms with Crippen LogP contribution in [0.4, 0.5) is 0 Å². The van der Waals surface area contributed by atoms with E-state index in [4.69, 9.17) is 50.5 Å². The molecule has 0 saturated carbocycles. The molecule has 0 spiro atoms. The van der Waals surface area contributed by atoms with E-state index in [1.807, 2.05) is 0 Å². The summed E-state index contributed by atoms with van der Waals surface area (Å²) in [5, 5.41) is 0. The van der Waals surface area contributed by atoms with Crippen LogP contribution in [0.5, 0.6) is 0 Å². The fraction of sp³-hybridized carbons (Fsp3) is 0.611. The van der Waals surface area contributed by atoms with Gasteiger partial charge in [0, 0.05) is 73.1 Å². The van der Waals surface area contributed by atoms with E-state index >= 15 is 0 Å². The second-order valence-electron chi connectivity index (χ2n) is 16.6. The summed E-state index contributed by atoms with van der Waals surface area (Å²) in [5.41, 5.74) is 14.7. The van der Waals surface area contributed by atoms with Crippen LogP contribution in [0, 0.1) is 69.2 Å². The number of hydrogen-bond acceptors (Lipinski definition) is 8. The maximum Gasteiger partial charge on any atom is 5.00 e. The average Bonchev–Trinajstić information content (AvgIpc) is 3.15. The van der Waals surface area contributed by atoms with E-state index in [0.29, 0.717) is 0 Å².